The van der Waals surface area contributed by atoms with Crippen molar-refractivity contribution < 1.29 is 21.4 Å². The van der Waals surface area contributed by atoms with E-state index in [1.54, 1.807) is 5.57 Å². The van der Waals surface area contributed by atoms with Gasteiger partial charge in [0.05, 0.1) is 18.1 Å². The predicted molar refractivity (Wildman–Crippen MR) is 210 cm³/mol. The molecule has 0 aliphatic heterocycles. The summed E-state index contributed by atoms with van der Waals surface area (Å²) in [7, 11) is -0.130. The Morgan fingerprint density at radius 2 is 1.53 bits per heavy atom. The van der Waals surface area contributed by atoms with Gasteiger partial charge in [0, 0.05) is 7.60 Å². The zero-order valence-corrected chi connectivity index (χ0v) is 33.9. The molecule has 0 amide bonds. The number of benzene rings is 1. The van der Waals surface area contributed by atoms with Gasteiger partial charge in [-0.25, -0.2) is 4.79 Å². The maximum atomic E-state index is 14.7. The van der Waals surface area contributed by atoms with Crippen LogP contribution in [0.4, 0.5) is 0 Å². The van der Waals surface area contributed by atoms with Crippen LogP contribution >= 0.6 is 10.3 Å². The van der Waals surface area contributed by atoms with Crippen LogP contribution in [0.25, 0.3) is 5.57 Å². The number of esters is 1. The largest absolute Gasteiger partial charge is 0.465 e. The Labute approximate surface area is 303 Å². The van der Waals surface area contributed by atoms with Crippen molar-refractivity contribution in [2.24, 2.45) is 56.7 Å². The van der Waals surface area contributed by atoms with Crippen molar-refractivity contribution in [3.05, 3.63) is 53.1 Å². The minimum absolute atomic E-state index is 0. The van der Waals surface area contributed by atoms with E-state index in [1.807, 2.05) is 12.1 Å². The van der Waals surface area contributed by atoms with Gasteiger partial charge >= 0.3 is 11.9 Å². The lowest BCUT2D eigenvalue weighted by atomic mass is 9.33. The van der Waals surface area contributed by atoms with Crippen molar-refractivity contribution >= 4 is 27.8 Å². The van der Waals surface area contributed by atoms with Crippen molar-refractivity contribution in [2.75, 3.05) is 19.6 Å². The summed E-state index contributed by atoms with van der Waals surface area (Å²) in [6.45, 7) is 24.4. The molecule has 0 radical (unpaired) electrons. The molecule has 2 unspecified atom stereocenters. The summed E-state index contributed by atoms with van der Waals surface area (Å²) in [5.74, 6) is 2.25. The van der Waals surface area contributed by atoms with Crippen molar-refractivity contribution in [3.63, 3.8) is 0 Å². The summed E-state index contributed by atoms with van der Waals surface area (Å²) in [6.07, 6.45) is 18.3. The van der Waals surface area contributed by atoms with Gasteiger partial charge in [0.25, 0.3) is 0 Å². The predicted octanol–water partition coefficient (Wildman–Crippen LogP) is 11.9. The second-order valence-corrected chi connectivity index (χ2v) is 23.5. The Kier molecular flexibility index (Phi) is 8.82. The molecule has 5 aliphatic carbocycles. The molecule has 6 rings (SSSR count). The first-order valence-corrected chi connectivity index (χ1v) is 21.5. The number of ether oxygens (including phenoxy) is 1. The highest BCUT2D eigenvalue weighted by Crippen LogP contribution is 2.76. The molecule has 0 spiro atoms. The Bertz CT molecular complexity index is 1570. The summed E-state index contributed by atoms with van der Waals surface area (Å²) in [4.78, 5) is 26.8. The van der Waals surface area contributed by atoms with Crippen LogP contribution in [0.5, 0.6) is 0 Å². The van der Waals surface area contributed by atoms with Gasteiger partial charge in [-0.1, -0.05) is 88.6 Å². The third-order valence-corrected chi connectivity index (χ3v) is 19.9. The van der Waals surface area contributed by atoms with Gasteiger partial charge < -0.3 is 8.92 Å². The van der Waals surface area contributed by atoms with Gasteiger partial charge in [-0.2, -0.15) is 0 Å². The summed E-state index contributed by atoms with van der Waals surface area (Å²) < 4.78 is 11.6. The summed E-state index contributed by atoms with van der Waals surface area (Å²) in [5, 5.41) is 0. The van der Waals surface area contributed by atoms with Crippen LogP contribution in [0.3, 0.4) is 0 Å². The average molecular weight is 695 g/mol. The van der Waals surface area contributed by atoms with Crippen molar-refractivity contribution in [2.45, 2.75) is 125 Å². The lowest BCUT2D eigenvalue weighted by molar-refractivity contribution is -0.176. The summed E-state index contributed by atoms with van der Waals surface area (Å²) in [5.41, 5.74) is 4.84. The zero-order valence-electron chi connectivity index (χ0n) is 33.0. The number of allylic oxidation sites excluding steroid dienone is 4. The van der Waals surface area contributed by atoms with E-state index in [0.29, 0.717) is 29.2 Å². The number of methoxy groups -OCH3 is 1. The highest BCUT2D eigenvalue weighted by atomic mass is 32.3. The number of fused-ring (bicyclic) bond motifs is 7. The summed E-state index contributed by atoms with van der Waals surface area (Å²) in [6, 6.07) is 8.05. The third-order valence-electron chi connectivity index (χ3n) is 16.3. The molecule has 3 fully saturated rings. The topological polar surface area (TPSA) is 52.6 Å². The smallest absolute Gasteiger partial charge is 0.337 e. The average Bonchev–Trinajstić information content (AvgIpc) is 3.02. The van der Waals surface area contributed by atoms with E-state index < -0.39 is 15.7 Å². The van der Waals surface area contributed by atoms with E-state index in [-0.39, 0.29) is 47.1 Å². The molecular weight excluding hydrogens is 625 g/mol. The van der Waals surface area contributed by atoms with E-state index >= 15 is 0 Å². The molecular formula is C44H70O4S. The zero-order chi connectivity index (χ0) is 36.2. The number of hydrogen-bond acceptors (Lipinski definition) is 4. The number of carbonyl (C=O) groups is 2. The minimum atomic E-state index is -1.57. The molecule has 49 heavy (non-hydrogen) atoms. The van der Waals surface area contributed by atoms with Gasteiger partial charge in [0.2, 0.25) is 0 Å². The molecule has 276 valence electrons. The van der Waals surface area contributed by atoms with Gasteiger partial charge in [0.15, 0.2) is 0 Å². The molecule has 0 N–H and O–H groups in total. The van der Waals surface area contributed by atoms with Crippen molar-refractivity contribution in [1.82, 2.24) is 0 Å². The van der Waals surface area contributed by atoms with Gasteiger partial charge in [-0.3, -0.25) is 4.79 Å². The lowest BCUT2D eigenvalue weighted by Gasteiger charge is -2.71. The van der Waals surface area contributed by atoms with Crippen LogP contribution in [0.15, 0.2) is 42.0 Å². The van der Waals surface area contributed by atoms with Crippen LogP contribution in [0.1, 0.15) is 139 Å². The molecule has 5 aliphatic rings. The van der Waals surface area contributed by atoms with Crippen LogP contribution in [-0.2, 0) is 13.7 Å². The highest BCUT2D eigenvalue weighted by molar-refractivity contribution is 8.30. The Morgan fingerprint density at radius 3 is 2.14 bits per heavy atom. The van der Waals surface area contributed by atoms with E-state index in [4.69, 9.17) is 8.92 Å². The molecule has 0 aromatic heterocycles. The lowest BCUT2D eigenvalue weighted by Crippen LogP contribution is -2.64. The fourth-order valence-corrected chi connectivity index (χ4v) is 13.0. The van der Waals surface area contributed by atoms with Crippen LogP contribution < -0.4 is 0 Å². The van der Waals surface area contributed by atoms with E-state index in [1.165, 1.54) is 31.1 Å². The molecule has 1 aromatic carbocycles. The third kappa shape index (κ3) is 5.19. The maximum absolute atomic E-state index is 14.7. The monoisotopic (exact) mass is 694 g/mol. The summed E-state index contributed by atoms with van der Waals surface area (Å²) >= 11 is 0. The number of rotatable bonds is 4. The second kappa shape index (κ2) is 11.8. The molecule has 9 atom stereocenters. The quantitative estimate of drug-likeness (QED) is 0.232. The SMILES string of the molecule is COC(=O)c1ccc(C2=CC[C@@]3(C)C(CC[C@]4(C)C3CC=C3[C@@H]5[C@@H](C)[C@H](C)CC[C@]5(C(=O)OS(C)(C)C(C)(C)C)CC[C@]34C)C2(C)C)cc1.[HH].[HH]. The van der Waals surface area contributed by atoms with Gasteiger partial charge in [-0.15, -0.1) is 0 Å². The number of hydrogen-bond donors (Lipinski definition) is 0. The minimum Gasteiger partial charge on any atom is -0.465 e. The standard InChI is InChI=1S/C44H66O4S.2H2/c1-28-20-25-44(38(46)48-49(12,13)39(3,4)5)27-26-42(9)33(36(44)29(28)2)18-19-35-41(8)23-21-32(30-14-16-31(17-15-30)37(45)47-11)40(6,7)34(41)22-24-43(35,42)10;;/h14-18,21,28-29,34-36H,19-20,22-27H2,1-13H3;2*1H/t28-,29+,34?,35?,36+,41+,42-,43-,44+;;/m1../s1. The van der Waals surface area contributed by atoms with E-state index in [0.717, 1.165) is 38.5 Å². The second-order valence-electron chi connectivity index (χ2n) is 19.6. The first-order valence-electron chi connectivity index (χ1n) is 19.2. The molecule has 0 bridgehead atoms. The van der Waals surface area contributed by atoms with E-state index in [9.17, 15) is 9.59 Å². The van der Waals surface area contributed by atoms with E-state index in [2.05, 4.69) is 106 Å². The van der Waals surface area contributed by atoms with Crippen molar-refractivity contribution in [1.29, 1.82) is 0 Å². The first-order chi connectivity index (χ1) is 22.6. The maximum Gasteiger partial charge on any atom is 0.337 e. The fourth-order valence-electron chi connectivity index (χ4n) is 12.2. The van der Waals surface area contributed by atoms with Crippen LogP contribution in [-0.4, -0.2) is 36.3 Å². The molecule has 1 aromatic rings. The Morgan fingerprint density at radius 1 is 0.878 bits per heavy atom. The Balaban J connectivity index is 0.00000292. The van der Waals surface area contributed by atoms with Crippen LogP contribution in [0.2, 0.25) is 0 Å². The fraction of sp³-hybridized carbons (Fsp3) is 0.727. The molecule has 0 heterocycles. The normalized spacial score (nSPS) is 40.3. The van der Waals surface area contributed by atoms with Gasteiger partial charge in [0.1, 0.15) is 0 Å². The molecule has 4 nitrogen and oxygen atoms in total. The van der Waals surface area contributed by atoms with Gasteiger partial charge in [-0.05, 0) is 159 Å². The van der Waals surface area contributed by atoms with Crippen LogP contribution in [0, 0.1) is 56.7 Å². The molecule has 5 heteroatoms. The highest BCUT2D eigenvalue weighted by Gasteiger charge is 2.69. The Hall–Kier alpha value is -2.01. The first kappa shape index (κ1) is 36.8. The number of carbonyl (C=O) groups excluding carboxylic acids is 2. The molecule has 3 saturated carbocycles. The van der Waals surface area contributed by atoms with Crippen molar-refractivity contribution in [3.8, 4) is 0 Å². The molecule has 0 saturated heterocycles.